The maximum Gasteiger partial charge on any atom is 0.278 e. The minimum absolute atomic E-state index is 0.241. The van der Waals surface area contributed by atoms with E-state index in [0.29, 0.717) is 21.0 Å². The lowest BCUT2D eigenvalue weighted by Crippen LogP contribution is -2.32. The first-order valence-electron chi connectivity index (χ1n) is 7.88. The Kier molecular flexibility index (Phi) is 4.18. The summed E-state index contributed by atoms with van der Waals surface area (Å²) < 4.78 is 15.7. The van der Waals surface area contributed by atoms with Crippen LogP contribution in [-0.4, -0.2) is 25.7 Å². The van der Waals surface area contributed by atoms with Crippen LogP contribution in [0, 0.1) is 5.82 Å². The number of hydrogen-bond donors (Lipinski definition) is 0. The van der Waals surface area contributed by atoms with Crippen molar-refractivity contribution < 1.29 is 9.18 Å². The van der Waals surface area contributed by atoms with Crippen LogP contribution in [0.4, 0.5) is 9.52 Å². The number of carbonyl (C=O) groups excluding carboxylic acids is 1. The number of aromatic nitrogens is 4. The molecule has 8 heteroatoms. The third-order valence-electron chi connectivity index (χ3n) is 3.90. The van der Waals surface area contributed by atoms with Crippen LogP contribution in [0.3, 0.4) is 0 Å². The fourth-order valence-corrected chi connectivity index (χ4v) is 3.59. The molecule has 6 nitrogen and oxygen atoms in total. The van der Waals surface area contributed by atoms with Gasteiger partial charge in [-0.1, -0.05) is 17.4 Å². The van der Waals surface area contributed by atoms with Crippen molar-refractivity contribution in [3.8, 4) is 0 Å². The molecule has 130 valence electrons. The third kappa shape index (κ3) is 3.06. The van der Waals surface area contributed by atoms with E-state index in [0.717, 1.165) is 5.69 Å². The van der Waals surface area contributed by atoms with Crippen molar-refractivity contribution in [3.05, 3.63) is 72.1 Å². The number of rotatable bonds is 4. The Morgan fingerprint density at radius 3 is 2.85 bits per heavy atom. The van der Waals surface area contributed by atoms with E-state index < -0.39 is 0 Å². The standard InChI is InChI=1S/C18H14FN5OS/c1-23-15(7-9-21-23)17(25)24(11-13-4-2-3-8-20-13)18-22-14-6-5-12(19)10-16(14)26-18/h2-10H,11H2,1H3. The Bertz CT molecular complexity index is 1080. The molecule has 0 aliphatic carbocycles. The van der Waals surface area contributed by atoms with Gasteiger partial charge in [0.2, 0.25) is 0 Å². The zero-order valence-corrected chi connectivity index (χ0v) is 14.7. The van der Waals surface area contributed by atoms with E-state index in [4.69, 9.17) is 0 Å². The second-order valence-electron chi connectivity index (χ2n) is 5.66. The average molecular weight is 367 g/mol. The summed E-state index contributed by atoms with van der Waals surface area (Å²) in [6, 6.07) is 11.6. The van der Waals surface area contributed by atoms with Crippen LogP contribution < -0.4 is 4.90 Å². The van der Waals surface area contributed by atoms with Crippen molar-refractivity contribution >= 4 is 32.6 Å². The molecule has 0 atom stereocenters. The number of aryl methyl sites for hydroxylation is 1. The lowest BCUT2D eigenvalue weighted by molar-refractivity contribution is 0.0975. The SMILES string of the molecule is Cn1nccc1C(=O)N(Cc1ccccn1)c1nc2ccc(F)cc2s1. The summed E-state index contributed by atoms with van der Waals surface area (Å²) in [4.78, 5) is 23.5. The molecule has 1 aromatic carbocycles. The molecular formula is C18H14FN5OS. The molecule has 1 amide bonds. The number of carbonyl (C=O) groups is 1. The van der Waals surface area contributed by atoms with Gasteiger partial charge in [0.05, 0.1) is 22.5 Å². The van der Waals surface area contributed by atoms with Crippen LogP contribution in [0.5, 0.6) is 0 Å². The van der Waals surface area contributed by atoms with Gasteiger partial charge in [-0.05, 0) is 36.4 Å². The zero-order valence-electron chi connectivity index (χ0n) is 13.8. The lowest BCUT2D eigenvalue weighted by Gasteiger charge is -2.19. The highest BCUT2D eigenvalue weighted by atomic mass is 32.1. The van der Waals surface area contributed by atoms with E-state index in [9.17, 15) is 9.18 Å². The Labute approximate surface area is 152 Å². The van der Waals surface area contributed by atoms with Crippen LogP contribution in [-0.2, 0) is 13.6 Å². The van der Waals surface area contributed by atoms with Gasteiger partial charge in [-0.15, -0.1) is 0 Å². The maximum atomic E-state index is 13.5. The fraction of sp³-hybridized carbons (Fsp3) is 0.111. The van der Waals surface area contributed by atoms with Crippen LogP contribution in [0.1, 0.15) is 16.2 Å². The first-order chi connectivity index (χ1) is 12.6. The Balaban J connectivity index is 1.78. The normalized spacial score (nSPS) is 11.0. The minimum Gasteiger partial charge on any atom is -0.277 e. The molecule has 0 saturated carbocycles. The lowest BCUT2D eigenvalue weighted by atomic mass is 10.3. The molecule has 0 bridgehead atoms. The number of thiazole rings is 1. The van der Waals surface area contributed by atoms with Gasteiger partial charge >= 0.3 is 0 Å². The molecule has 3 heterocycles. The van der Waals surface area contributed by atoms with Crippen LogP contribution >= 0.6 is 11.3 Å². The molecule has 0 saturated heterocycles. The number of hydrogen-bond acceptors (Lipinski definition) is 5. The molecule has 0 aliphatic rings. The van der Waals surface area contributed by atoms with Gasteiger partial charge in [0.25, 0.3) is 5.91 Å². The van der Waals surface area contributed by atoms with Crippen molar-refractivity contribution in [1.82, 2.24) is 19.7 Å². The van der Waals surface area contributed by atoms with Gasteiger partial charge in [0.15, 0.2) is 5.13 Å². The van der Waals surface area contributed by atoms with E-state index >= 15 is 0 Å². The first kappa shape index (κ1) is 16.3. The van der Waals surface area contributed by atoms with Crippen LogP contribution in [0.25, 0.3) is 10.2 Å². The number of pyridine rings is 1. The molecule has 4 aromatic rings. The topological polar surface area (TPSA) is 63.9 Å². The van der Waals surface area contributed by atoms with Crippen molar-refractivity contribution in [2.24, 2.45) is 7.05 Å². The summed E-state index contributed by atoms with van der Waals surface area (Å²) in [7, 11) is 1.71. The average Bonchev–Trinajstić information content (AvgIpc) is 3.25. The van der Waals surface area contributed by atoms with E-state index in [1.807, 2.05) is 18.2 Å². The second kappa shape index (κ2) is 6.64. The number of benzene rings is 1. The van der Waals surface area contributed by atoms with Gasteiger partial charge < -0.3 is 0 Å². The molecule has 3 aromatic heterocycles. The summed E-state index contributed by atoms with van der Waals surface area (Å²) in [5.41, 5.74) is 1.81. The fourth-order valence-electron chi connectivity index (χ4n) is 2.60. The summed E-state index contributed by atoms with van der Waals surface area (Å²) in [6.07, 6.45) is 3.25. The second-order valence-corrected chi connectivity index (χ2v) is 6.67. The van der Waals surface area contributed by atoms with Crippen molar-refractivity contribution in [3.63, 3.8) is 0 Å². The van der Waals surface area contributed by atoms with Gasteiger partial charge in [-0.25, -0.2) is 9.37 Å². The molecule has 26 heavy (non-hydrogen) atoms. The molecule has 0 aliphatic heterocycles. The Hall–Kier alpha value is -3.13. The third-order valence-corrected chi connectivity index (χ3v) is 4.94. The largest absolute Gasteiger partial charge is 0.278 e. The van der Waals surface area contributed by atoms with Crippen molar-refractivity contribution in [2.75, 3.05) is 4.90 Å². The van der Waals surface area contributed by atoms with E-state index in [2.05, 4.69) is 15.1 Å². The molecule has 0 N–H and O–H groups in total. The highest BCUT2D eigenvalue weighted by Crippen LogP contribution is 2.31. The minimum atomic E-state index is -0.332. The van der Waals surface area contributed by atoms with Crippen molar-refractivity contribution in [2.45, 2.75) is 6.54 Å². The predicted molar refractivity (Wildman–Crippen MR) is 97.5 cm³/mol. The van der Waals surface area contributed by atoms with E-state index in [1.165, 1.54) is 28.2 Å². The van der Waals surface area contributed by atoms with Gasteiger partial charge in [-0.3, -0.25) is 19.4 Å². The quantitative estimate of drug-likeness (QED) is 0.554. The highest BCUT2D eigenvalue weighted by Gasteiger charge is 2.24. The maximum absolute atomic E-state index is 13.5. The molecule has 0 unspecified atom stereocenters. The number of halogens is 1. The molecule has 0 spiro atoms. The molecule has 0 fully saturated rings. The number of amides is 1. The Morgan fingerprint density at radius 1 is 1.23 bits per heavy atom. The summed E-state index contributed by atoms with van der Waals surface area (Å²) >= 11 is 1.27. The number of fused-ring (bicyclic) bond motifs is 1. The molecular weight excluding hydrogens is 353 g/mol. The van der Waals surface area contributed by atoms with Crippen molar-refractivity contribution in [1.29, 1.82) is 0 Å². The van der Waals surface area contributed by atoms with Gasteiger partial charge in [0, 0.05) is 19.4 Å². The number of nitrogens with zero attached hydrogens (tertiary/aromatic N) is 5. The summed E-state index contributed by atoms with van der Waals surface area (Å²) in [6.45, 7) is 0.257. The monoisotopic (exact) mass is 367 g/mol. The van der Waals surface area contributed by atoms with E-state index in [-0.39, 0.29) is 18.3 Å². The van der Waals surface area contributed by atoms with Gasteiger partial charge in [0.1, 0.15) is 11.5 Å². The smallest absolute Gasteiger partial charge is 0.277 e. The summed E-state index contributed by atoms with van der Waals surface area (Å²) in [5, 5.41) is 4.55. The predicted octanol–water partition coefficient (Wildman–Crippen LogP) is 3.41. The molecule has 0 radical (unpaired) electrons. The first-order valence-corrected chi connectivity index (χ1v) is 8.69. The Morgan fingerprint density at radius 2 is 2.12 bits per heavy atom. The highest BCUT2D eigenvalue weighted by molar-refractivity contribution is 7.22. The van der Waals surface area contributed by atoms with Crippen LogP contribution in [0.2, 0.25) is 0 Å². The van der Waals surface area contributed by atoms with Gasteiger partial charge in [-0.2, -0.15) is 5.10 Å². The summed E-state index contributed by atoms with van der Waals surface area (Å²) in [5.74, 6) is -0.572. The van der Waals surface area contributed by atoms with Crippen LogP contribution in [0.15, 0.2) is 54.9 Å². The zero-order chi connectivity index (χ0) is 18.1. The number of anilines is 1. The molecule has 4 rings (SSSR count). The van der Waals surface area contributed by atoms with E-state index in [1.54, 1.807) is 36.5 Å².